The summed E-state index contributed by atoms with van der Waals surface area (Å²) in [5.41, 5.74) is 0.722. The zero-order valence-electron chi connectivity index (χ0n) is 25.9. The Balaban J connectivity index is 1.29. The zero-order chi connectivity index (χ0) is 32.1. The van der Waals surface area contributed by atoms with Crippen LogP contribution in [0.5, 0.6) is 0 Å². The Labute approximate surface area is 265 Å². The van der Waals surface area contributed by atoms with Crippen LogP contribution in [0.4, 0.5) is 19.3 Å². The Kier molecular flexibility index (Phi) is 8.75. The average Bonchev–Trinajstić information content (AvgIpc) is 3.35. The number of amides is 2. The molecule has 0 radical (unpaired) electrons. The maximum absolute atomic E-state index is 13.6. The van der Waals surface area contributed by atoms with E-state index in [1.807, 2.05) is 32.7 Å². The summed E-state index contributed by atoms with van der Waals surface area (Å²) in [5.74, 6) is 0.228. The topological polar surface area (TPSA) is 131 Å². The van der Waals surface area contributed by atoms with E-state index in [2.05, 4.69) is 35.0 Å². The molecular formula is C28H40F2N10O3S2. The third kappa shape index (κ3) is 6.63. The number of piperazine rings is 2. The lowest BCUT2D eigenvalue weighted by molar-refractivity contribution is 0.109. The Hall–Kier alpha value is -2.99. The van der Waals surface area contributed by atoms with Gasteiger partial charge in [0.1, 0.15) is 4.90 Å². The van der Waals surface area contributed by atoms with Gasteiger partial charge in [0.2, 0.25) is 10.0 Å². The van der Waals surface area contributed by atoms with Crippen molar-refractivity contribution >= 4 is 38.6 Å². The van der Waals surface area contributed by atoms with Crippen molar-refractivity contribution < 1.29 is 22.0 Å². The first kappa shape index (κ1) is 32.0. The molecule has 6 rings (SSSR count). The van der Waals surface area contributed by atoms with Gasteiger partial charge in [0, 0.05) is 83.2 Å². The summed E-state index contributed by atoms with van der Waals surface area (Å²) < 4.78 is 58.2. The first-order chi connectivity index (χ1) is 21.3. The fourth-order valence-electron chi connectivity index (χ4n) is 6.11. The monoisotopic (exact) mass is 666 g/mol. The van der Waals surface area contributed by atoms with E-state index in [0.29, 0.717) is 30.8 Å². The maximum Gasteiger partial charge on any atom is 0.320 e. The number of hydrogen-bond donors (Lipinski definition) is 2. The molecule has 45 heavy (non-hydrogen) atoms. The van der Waals surface area contributed by atoms with Crippen molar-refractivity contribution in [2.45, 2.75) is 62.6 Å². The number of hydrogen-bond acceptors (Lipinski definition) is 10. The molecule has 1 saturated carbocycles. The van der Waals surface area contributed by atoms with Crippen molar-refractivity contribution in [3.8, 4) is 10.8 Å². The number of likely N-dealkylation sites (N-methyl/N-ethyl adjacent to an activating group) is 1. The second kappa shape index (κ2) is 12.3. The fraction of sp³-hybridized carbons (Fsp3) is 0.643. The van der Waals surface area contributed by atoms with E-state index < -0.39 is 27.0 Å². The van der Waals surface area contributed by atoms with E-state index >= 15 is 0 Å². The largest absolute Gasteiger partial charge is 0.366 e. The summed E-state index contributed by atoms with van der Waals surface area (Å²) >= 11 is 0.719. The summed E-state index contributed by atoms with van der Waals surface area (Å²) in [6.07, 6.45) is 1.76. The highest BCUT2D eigenvalue weighted by Gasteiger charge is 2.42. The predicted molar refractivity (Wildman–Crippen MR) is 167 cm³/mol. The van der Waals surface area contributed by atoms with Gasteiger partial charge in [-0.2, -0.15) is 0 Å². The van der Waals surface area contributed by atoms with Crippen molar-refractivity contribution in [1.82, 2.24) is 44.3 Å². The predicted octanol–water partition coefficient (Wildman–Crippen LogP) is 2.48. The van der Waals surface area contributed by atoms with Crippen molar-refractivity contribution in [3.63, 3.8) is 0 Å². The number of carbonyl (C=O) groups excluding carboxylic acids is 1. The Bertz CT molecular complexity index is 1640. The standard InChI is InChI=1S/C28H40F2N10O3S2/c1-18-15-38(16-19(2)40(18)27(41)36(4)11-12-37-9-7-31-8-10-37)21-13-20(45(42,43)35-28(3)5-6-28)17-39-22(21)14-32-24(39)26-34-33-25(44-26)23(29)30/h13-14,17-19,23,31,35H,5-12,15-16H2,1-4H3/t18-,19-/m0/s1. The molecule has 2 N–H and O–H groups in total. The van der Waals surface area contributed by atoms with Crippen molar-refractivity contribution in [2.75, 3.05) is 64.3 Å². The number of aromatic nitrogens is 4. The molecule has 0 spiro atoms. The molecule has 17 heteroatoms. The molecule has 2 aliphatic heterocycles. The number of sulfonamides is 1. The van der Waals surface area contributed by atoms with E-state index in [-0.39, 0.29) is 33.8 Å². The highest BCUT2D eigenvalue weighted by Crippen LogP contribution is 2.38. The summed E-state index contributed by atoms with van der Waals surface area (Å²) in [5, 5.41) is 10.6. The van der Waals surface area contributed by atoms with Gasteiger partial charge in [0.25, 0.3) is 6.43 Å². The molecule has 0 aromatic carbocycles. The van der Waals surface area contributed by atoms with Crippen LogP contribution in [0.1, 0.15) is 45.0 Å². The normalized spacial score (nSPS) is 22.4. The van der Waals surface area contributed by atoms with Crippen molar-refractivity contribution in [3.05, 3.63) is 23.5 Å². The molecule has 3 fully saturated rings. The van der Waals surface area contributed by atoms with Crippen LogP contribution in [0.25, 0.3) is 16.3 Å². The molecule has 0 unspecified atom stereocenters. The van der Waals surface area contributed by atoms with Crippen LogP contribution in [-0.4, -0.2) is 126 Å². The molecule has 246 valence electrons. The van der Waals surface area contributed by atoms with Crippen LogP contribution in [0, 0.1) is 0 Å². The van der Waals surface area contributed by atoms with Gasteiger partial charge >= 0.3 is 6.03 Å². The van der Waals surface area contributed by atoms with Crippen LogP contribution < -0.4 is 14.9 Å². The molecule has 3 aromatic rings. The van der Waals surface area contributed by atoms with Crippen LogP contribution >= 0.6 is 11.3 Å². The second-order valence-corrected chi connectivity index (χ2v) is 15.3. The van der Waals surface area contributed by atoms with Gasteiger partial charge < -0.3 is 20.0 Å². The molecule has 2 saturated heterocycles. The van der Waals surface area contributed by atoms with Gasteiger partial charge in [0.15, 0.2) is 15.8 Å². The minimum absolute atomic E-state index is 0.0300. The average molecular weight is 667 g/mol. The summed E-state index contributed by atoms with van der Waals surface area (Å²) in [4.78, 5) is 26.2. The fourth-order valence-corrected chi connectivity index (χ4v) is 8.29. The number of fused-ring (bicyclic) bond motifs is 1. The molecule has 5 heterocycles. The first-order valence-corrected chi connectivity index (χ1v) is 17.5. The SMILES string of the molecule is C[C@H]1CN(c2cc(S(=O)(=O)NC3(C)CC3)cn3c(-c4nnc(C(F)F)s4)ncc23)C[C@H](C)N1C(=O)N(C)CCN1CCNCC1. The van der Waals surface area contributed by atoms with E-state index in [1.54, 1.807) is 21.6 Å². The van der Waals surface area contributed by atoms with Gasteiger partial charge in [-0.05, 0) is 39.7 Å². The van der Waals surface area contributed by atoms with Crippen LogP contribution in [0.15, 0.2) is 23.4 Å². The number of rotatable bonds is 9. The Morgan fingerprint density at radius 1 is 1.20 bits per heavy atom. The second-order valence-electron chi connectivity index (χ2n) is 12.6. The molecule has 2 atom stereocenters. The van der Waals surface area contributed by atoms with Crippen LogP contribution in [0.3, 0.4) is 0 Å². The minimum Gasteiger partial charge on any atom is -0.366 e. The minimum atomic E-state index is -3.93. The van der Waals surface area contributed by atoms with Gasteiger partial charge in [-0.1, -0.05) is 11.3 Å². The van der Waals surface area contributed by atoms with Gasteiger partial charge in [-0.15, -0.1) is 10.2 Å². The third-order valence-corrected chi connectivity index (χ3v) is 11.4. The molecular weight excluding hydrogens is 627 g/mol. The molecule has 3 aromatic heterocycles. The molecule has 2 amide bonds. The lowest BCUT2D eigenvalue weighted by Gasteiger charge is -2.46. The highest BCUT2D eigenvalue weighted by atomic mass is 32.2. The zero-order valence-corrected chi connectivity index (χ0v) is 27.5. The lowest BCUT2D eigenvalue weighted by Crippen LogP contribution is -2.61. The number of nitrogens with zero attached hydrogens (tertiary/aromatic N) is 8. The van der Waals surface area contributed by atoms with E-state index in [1.165, 1.54) is 6.20 Å². The number of nitrogens with one attached hydrogen (secondary N) is 2. The highest BCUT2D eigenvalue weighted by molar-refractivity contribution is 7.89. The smallest absolute Gasteiger partial charge is 0.320 e. The van der Waals surface area contributed by atoms with E-state index in [0.717, 1.165) is 56.9 Å². The molecule has 3 aliphatic rings. The summed E-state index contributed by atoms with van der Waals surface area (Å²) in [7, 11) is -2.09. The molecule has 13 nitrogen and oxygen atoms in total. The third-order valence-electron chi connectivity index (χ3n) is 8.87. The lowest BCUT2D eigenvalue weighted by atomic mass is 10.1. The molecule has 1 aliphatic carbocycles. The quantitative estimate of drug-likeness (QED) is 0.354. The van der Waals surface area contributed by atoms with Crippen molar-refractivity contribution in [1.29, 1.82) is 0 Å². The molecule has 0 bridgehead atoms. The van der Waals surface area contributed by atoms with Gasteiger partial charge in [0.05, 0.1) is 17.4 Å². The van der Waals surface area contributed by atoms with Crippen molar-refractivity contribution in [2.24, 2.45) is 0 Å². The van der Waals surface area contributed by atoms with Crippen LogP contribution in [0.2, 0.25) is 0 Å². The maximum atomic E-state index is 13.6. The van der Waals surface area contributed by atoms with E-state index in [9.17, 15) is 22.0 Å². The Morgan fingerprint density at radius 3 is 2.51 bits per heavy atom. The number of halogens is 2. The number of alkyl halides is 2. The van der Waals surface area contributed by atoms with Gasteiger partial charge in [-0.25, -0.2) is 31.7 Å². The number of anilines is 1. The first-order valence-electron chi connectivity index (χ1n) is 15.2. The van der Waals surface area contributed by atoms with Gasteiger partial charge in [-0.3, -0.25) is 9.30 Å². The van der Waals surface area contributed by atoms with Crippen LogP contribution in [-0.2, 0) is 10.0 Å². The number of carbonyl (C=O) groups is 1. The summed E-state index contributed by atoms with van der Waals surface area (Å²) in [6.45, 7) is 12.0. The number of pyridine rings is 1. The Morgan fingerprint density at radius 2 is 1.89 bits per heavy atom. The number of imidazole rings is 1. The number of urea groups is 1. The summed E-state index contributed by atoms with van der Waals surface area (Å²) in [6, 6.07) is 1.25. The van der Waals surface area contributed by atoms with E-state index in [4.69, 9.17) is 0 Å².